The third kappa shape index (κ3) is 3.49. The maximum atomic E-state index is 4.57. The Balaban J connectivity index is 2.76. The van der Waals surface area contributed by atoms with Gasteiger partial charge < -0.3 is 0 Å². The van der Waals surface area contributed by atoms with Crippen LogP contribution in [0.1, 0.15) is 40.5 Å². The van der Waals surface area contributed by atoms with Crippen LogP contribution in [0.25, 0.3) is 0 Å². The second-order valence-electron chi connectivity index (χ2n) is 5.27. The zero-order chi connectivity index (χ0) is 10.8. The summed E-state index contributed by atoms with van der Waals surface area (Å²) in [4.78, 5) is 4.57. The van der Waals surface area contributed by atoms with Crippen molar-refractivity contribution >= 4 is 5.71 Å². The molecule has 0 aromatic rings. The molecule has 0 saturated heterocycles. The fraction of sp³-hybridized carbons (Fsp3) is 0.615. The summed E-state index contributed by atoms with van der Waals surface area (Å²) >= 11 is 0. The van der Waals surface area contributed by atoms with Crippen LogP contribution in [-0.4, -0.2) is 12.3 Å². The molecule has 1 heteroatoms. The van der Waals surface area contributed by atoms with Crippen molar-refractivity contribution in [3.8, 4) is 0 Å². The van der Waals surface area contributed by atoms with Crippen molar-refractivity contribution in [1.82, 2.24) is 0 Å². The number of rotatable bonds is 2. The Morgan fingerprint density at radius 1 is 1.50 bits per heavy atom. The summed E-state index contributed by atoms with van der Waals surface area (Å²) < 4.78 is 0. The first-order valence-electron chi connectivity index (χ1n) is 5.24. The van der Waals surface area contributed by atoms with Crippen LogP contribution in [0.15, 0.2) is 28.8 Å². The van der Waals surface area contributed by atoms with E-state index < -0.39 is 0 Å². The molecule has 0 bridgehead atoms. The van der Waals surface area contributed by atoms with Crippen molar-refractivity contribution in [1.29, 1.82) is 0 Å². The van der Waals surface area contributed by atoms with Crippen molar-refractivity contribution in [3.63, 3.8) is 0 Å². The van der Waals surface area contributed by atoms with Gasteiger partial charge in [-0.25, -0.2) is 0 Å². The molecule has 0 spiro atoms. The first-order chi connectivity index (χ1) is 6.39. The van der Waals surface area contributed by atoms with Gasteiger partial charge >= 0.3 is 0 Å². The molecular formula is C13H21N. The average molecular weight is 191 g/mol. The van der Waals surface area contributed by atoms with Gasteiger partial charge in [-0.2, -0.15) is 0 Å². The summed E-state index contributed by atoms with van der Waals surface area (Å²) in [7, 11) is 0. The maximum Gasteiger partial charge on any atom is 0.0597 e. The van der Waals surface area contributed by atoms with E-state index in [0.717, 1.165) is 18.5 Å². The Morgan fingerprint density at radius 3 is 2.64 bits per heavy atom. The molecule has 1 aliphatic carbocycles. The Labute approximate surface area is 87.6 Å². The summed E-state index contributed by atoms with van der Waals surface area (Å²) in [5, 5.41) is 0. The molecule has 1 aliphatic rings. The fourth-order valence-corrected chi connectivity index (χ4v) is 2.03. The topological polar surface area (TPSA) is 12.4 Å². The zero-order valence-electron chi connectivity index (χ0n) is 9.85. The average Bonchev–Trinajstić information content (AvgIpc) is 1.96. The molecule has 0 aromatic heterocycles. The van der Waals surface area contributed by atoms with E-state index in [1.807, 2.05) is 6.92 Å². The van der Waals surface area contributed by atoms with Crippen molar-refractivity contribution in [2.24, 2.45) is 10.4 Å². The van der Waals surface area contributed by atoms with E-state index >= 15 is 0 Å². The summed E-state index contributed by atoms with van der Waals surface area (Å²) in [6.07, 6.45) is 4.52. The lowest BCUT2D eigenvalue weighted by Crippen LogP contribution is -2.21. The molecule has 0 N–H and O–H groups in total. The minimum absolute atomic E-state index is 0.382. The monoisotopic (exact) mass is 191 g/mol. The predicted molar refractivity (Wildman–Crippen MR) is 63.9 cm³/mol. The lowest BCUT2D eigenvalue weighted by atomic mass is 9.77. The van der Waals surface area contributed by atoms with Crippen LogP contribution >= 0.6 is 0 Å². The fourth-order valence-electron chi connectivity index (χ4n) is 2.03. The van der Waals surface area contributed by atoms with E-state index in [-0.39, 0.29) is 0 Å². The van der Waals surface area contributed by atoms with Crippen LogP contribution < -0.4 is 0 Å². The van der Waals surface area contributed by atoms with E-state index in [9.17, 15) is 0 Å². The number of hydrogen-bond donors (Lipinski definition) is 0. The van der Waals surface area contributed by atoms with Gasteiger partial charge in [0, 0.05) is 5.71 Å². The molecule has 0 aromatic carbocycles. The van der Waals surface area contributed by atoms with Crippen LogP contribution in [0.3, 0.4) is 0 Å². The largest absolute Gasteiger partial charge is 0.285 e. The Bertz CT molecular complexity index is 292. The van der Waals surface area contributed by atoms with Gasteiger partial charge in [-0.1, -0.05) is 31.6 Å². The van der Waals surface area contributed by atoms with Crippen molar-refractivity contribution in [3.05, 3.63) is 23.8 Å². The standard InChI is InChI=1S/C13H21N/c1-10(2)9-14-12-6-11(3)7-13(4,5)8-12/h6H,1,7-9H2,2-5H3. The number of nitrogens with zero attached hydrogens (tertiary/aromatic N) is 1. The zero-order valence-corrected chi connectivity index (χ0v) is 9.85. The molecule has 0 heterocycles. The molecular weight excluding hydrogens is 170 g/mol. The number of aliphatic imine (C=N–C) groups is 1. The molecule has 0 atom stereocenters. The van der Waals surface area contributed by atoms with Gasteiger partial charge in [0.2, 0.25) is 0 Å². The Morgan fingerprint density at radius 2 is 2.14 bits per heavy atom. The van der Waals surface area contributed by atoms with E-state index in [0.29, 0.717) is 5.41 Å². The van der Waals surface area contributed by atoms with Gasteiger partial charge in [0.25, 0.3) is 0 Å². The summed E-state index contributed by atoms with van der Waals surface area (Å²) in [6, 6.07) is 0. The van der Waals surface area contributed by atoms with E-state index in [4.69, 9.17) is 0 Å². The quantitative estimate of drug-likeness (QED) is 0.589. The molecule has 0 amide bonds. The molecule has 0 saturated carbocycles. The van der Waals surface area contributed by atoms with Crippen LogP contribution in [0.4, 0.5) is 0 Å². The molecule has 1 nitrogen and oxygen atoms in total. The molecule has 1 rings (SSSR count). The van der Waals surface area contributed by atoms with Crippen molar-refractivity contribution in [2.75, 3.05) is 6.54 Å². The third-order valence-electron chi connectivity index (χ3n) is 2.38. The molecule has 14 heavy (non-hydrogen) atoms. The first kappa shape index (κ1) is 11.2. The predicted octanol–water partition coefficient (Wildman–Crippen LogP) is 3.77. The number of allylic oxidation sites excluding steroid dienone is 2. The smallest absolute Gasteiger partial charge is 0.0597 e. The second-order valence-corrected chi connectivity index (χ2v) is 5.27. The Hall–Kier alpha value is -0.850. The van der Waals surface area contributed by atoms with Gasteiger partial charge in [0.1, 0.15) is 0 Å². The van der Waals surface area contributed by atoms with Crippen molar-refractivity contribution < 1.29 is 0 Å². The van der Waals surface area contributed by atoms with Gasteiger partial charge in [-0.05, 0) is 38.2 Å². The number of hydrogen-bond acceptors (Lipinski definition) is 1. The lowest BCUT2D eigenvalue weighted by Gasteiger charge is -2.29. The highest BCUT2D eigenvalue weighted by Crippen LogP contribution is 2.33. The minimum atomic E-state index is 0.382. The van der Waals surface area contributed by atoms with Crippen LogP contribution in [-0.2, 0) is 0 Å². The second kappa shape index (κ2) is 4.12. The van der Waals surface area contributed by atoms with E-state index in [2.05, 4.69) is 38.4 Å². The van der Waals surface area contributed by atoms with Crippen molar-refractivity contribution in [2.45, 2.75) is 40.5 Å². The maximum absolute atomic E-state index is 4.57. The minimum Gasteiger partial charge on any atom is -0.285 e. The molecule has 78 valence electrons. The third-order valence-corrected chi connectivity index (χ3v) is 2.38. The molecule has 0 unspecified atom stereocenters. The van der Waals surface area contributed by atoms with Crippen LogP contribution in [0.5, 0.6) is 0 Å². The van der Waals surface area contributed by atoms with Crippen LogP contribution in [0.2, 0.25) is 0 Å². The van der Waals surface area contributed by atoms with E-state index in [1.165, 1.54) is 17.7 Å². The summed E-state index contributed by atoms with van der Waals surface area (Å²) in [5.74, 6) is 0. The van der Waals surface area contributed by atoms with E-state index in [1.54, 1.807) is 0 Å². The van der Waals surface area contributed by atoms with Gasteiger partial charge in [-0.3, -0.25) is 4.99 Å². The lowest BCUT2D eigenvalue weighted by molar-refractivity contribution is 0.373. The van der Waals surface area contributed by atoms with Gasteiger partial charge in [0.05, 0.1) is 6.54 Å². The molecule has 0 aliphatic heterocycles. The summed E-state index contributed by atoms with van der Waals surface area (Å²) in [5.41, 5.74) is 4.20. The first-order valence-corrected chi connectivity index (χ1v) is 5.24. The highest BCUT2D eigenvalue weighted by atomic mass is 14.7. The Kier molecular flexibility index (Phi) is 3.30. The van der Waals surface area contributed by atoms with Crippen LogP contribution in [0, 0.1) is 5.41 Å². The summed E-state index contributed by atoms with van der Waals surface area (Å²) in [6.45, 7) is 13.5. The van der Waals surface area contributed by atoms with Gasteiger partial charge in [-0.15, -0.1) is 0 Å². The normalized spacial score (nSPS) is 23.4. The molecule has 0 fully saturated rings. The van der Waals surface area contributed by atoms with Gasteiger partial charge in [0.15, 0.2) is 0 Å². The highest BCUT2D eigenvalue weighted by Gasteiger charge is 2.24. The molecule has 0 radical (unpaired) electrons. The SMILES string of the molecule is C=C(C)CN=C1C=C(C)CC(C)(C)C1. The highest BCUT2D eigenvalue weighted by molar-refractivity contribution is 5.96.